The maximum absolute atomic E-state index is 3.50. The molecule has 0 aromatic heterocycles. The van der Waals surface area contributed by atoms with Gasteiger partial charge in [0.2, 0.25) is 0 Å². The van der Waals surface area contributed by atoms with Gasteiger partial charge in [-0.2, -0.15) is 0 Å². The first-order valence-electron chi connectivity index (χ1n) is 10.2. The van der Waals surface area contributed by atoms with Crippen molar-refractivity contribution in [1.82, 2.24) is 0 Å². The third-order valence-corrected chi connectivity index (χ3v) is 5.39. The Morgan fingerprint density at radius 3 is 1.17 bits per heavy atom. The van der Waals surface area contributed by atoms with Crippen molar-refractivity contribution in [2.45, 2.75) is 25.3 Å². The van der Waals surface area contributed by atoms with Crippen molar-refractivity contribution in [3.05, 3.63) is 138 Å². The third kappa shape index (κ3) is 3.69. The van der Waals surface area contributed by atoms with Gasteiger partial charge in [-0.1, -0.05) is 103 Å². The second-order valence-electron chi connectivity index (χ2n) is 7.72. The first kappa shape index (κ1) is 19.0. The van der Waals surface area contributed by atoms with Crippen LogP contribution in [0.4, 0.5) is 5.69 Å². The van der Waals surface area contributed by atoms with Crippen molar-refractivity contribution in [3.8, 4) is 0 Å². The standard InChI is InChI=1S/C28H27N/c1-22(2)29-27-20-18-26(19-21-27)28(23-12-6-3-7-13-23,24-14-8-4-9-15-24)25-16-10-5-11-17-25/h3-22,29H,1-2H3. The molecule has 0 amide bonds. The lowest BCUT2D eigenvalue weighted by atomic mass is 9.65. The molecular weight excluding hydrogens is 350 g/mol. The number of benzene rings is 4. The molecule has 0 fully saturated rings. The van der Waals surface area contributed by atoms with Crippen LogP contribution >= 0.6 is 0 Å². The summed E-state index contributed by atoms with van der Waals surface area (Å²) in [6.45, 7) is 4.33. The predicted octanol–water partition coefficient (Wildman–Crippen LogP) is 6.89. The van der Waals surface area contributed by atoms with E-state index in [-0.39, 0.29) is 5.41 Å². The monoisotopic (exact) mass is 377 g/mol. The van der Waals surface area contributed by atoms with Crippen molar-refractivity contribution >= 4 is 5.69 Å². The molecule has 1 N–H and O–H groups in total. The molecule has 29 heavy (non-hydrogen) atoms. The Labute approximate surface area is 174 Å². The summed E-state index contributed by atoms with van der Waals surface area (Å²) in [6, 6.07) is 41.8. The smallest absolute Gasteiger partial charge is 0.0701 e. The average molecular weight is 378 g/mol. The van der Waals surface area contributed by atoms with Gasteiger partial charge < -0.3 is 5.32 Å². The summed E-state index contributed by atoms with van der Waals surface area (Å²) in [5, 5.41) is 3.50. The van der Waals surface area contributed by atoms with Gasteiger partial charge in [-0.25, -0.2) is 0 Å². The fourth-order valence-electron chi connectivity index (χ4n) is 4.21. The summed E-state index contributed by atoms with van der Waals surface area (Å²) >= 11 is 0. The van der Waals surface area contributed by atoms with Gasteiger partial charge in [-0.15, -0.1) is 0 Å². The molecule has 0 heterocycles. The zero-order valence-corrected chi connectivity index (χ0v) is 17.0. The summed E-state index contributed by atoms with van der Waals surface area (Å²) in [5.41, 5.74) is 5.83. The first-order valence-corrected chi connectivity index (χ1v) is 10.2. The van der Waals surface area contributed by atoms with Crippen LogP contribution in [0.15, 0.2) is 115 Å². The molecule has 0 saturated carbocycles. The minimum atomic E-state index is -0.375. The topological polar surface area (TPSA) is 12.0 Å². The molecule has 0 atom stereocenters. The number of nitrogens with one attached hydrogen (secondary N) is 1. The van der Waals surface area contributed by atoms with Gasteiger partial charge in [0.25, 0.3) is 0 Å². The number of anilines is 1. The maximum atomic E-state index is 3.50. The van der Waals surface area contributed by atoms with Crippen molar-refractivity contribution in [1.29, 1.82) is 0 Å². The Bertz CT molecular complexity index is 923. The minimum absolute atomic E-state index is 0.375. The lowest BCUT2D eigenvalue weighted by molar-refractivity contribution is 0.745. The van der Waals surface area contributed by atoms with Gasteiger partial charge in [0.05, 0.1) is 5.41 Å². The maximum Gasteiger partial charge on any atom is 0.0701 e. The summed E-state index contributed by atoms with van der Waals surface area (Å²) in [4.78, 5) is 0. The molecular formula is C28H27N. The lowest BCUT2D eigenvalue weighted by Crippen LogP contribution is -2.31. The molecule has 4 aromatic carbocycles. The van der Waals surface area contributed by atoms with E-state index in [1.165, 1.54) is 22.3 Å². The van der Waals surface area contributed by atoms with Crippen molar-refractivity contribution in [2.24, 2.45) is 0 Å². The minimum Gasteiger partial charge on any atom is -0.383 e. The number of rotatable bonds is 6. The highest BCUT2D eigenvalue weighted by Gasteiger charge is 2.37. The zero-order valence-electron chi connectivity index (χ0n) is 17.0. The SMILES string of the molecule is CC(C)Nc1ccc(C(c2ccccc2)(c2ccccc2)c2ccccc2)cc1. The highest BCUT2D eigenvalue weighted by molar-refractivity contribution is 5.61. The molecule has 0 radical (unpaired) electrons. The van der Waals surface area contributed by atoms with Crippen LogP contribution < -0.4 is 5.32 Å². The quantitative estimate of drug-likeness (QED) is 0.361. The summed E-state index contributed by atoms with van der Waals surface area (Å²) in [6.07, 6.45) is 0. The first-order chi connectivity index (χ1) is 14.2. The van der Waals surface area contributed by atoms with E-state index in [0.29, 0.717) is 6.04 Å². The molecule has 4 rings (SSSR count). The van der Waals surface area contributed by atoms with Gasteiger partial charge in [0.15, 0.2) is 0 Å². The molecule has 4 aromatic rings. The summed E-state index contributed by atoms with van der Waals surface area (Å²) < 4.78 is 0. The molecule has 1 nitrogen and oxygen atoms in total. The van der Waals surface area contributed by atoms with E-state index < -0.39 is 0 Å². The molecule has 0 saturated heterocycles. The van der Waals surface area contributed by atoms with Crippen LogP contribution in [0.2, 0.25) is 0 Å². The van der Waals surface area contributed by atoms with Crippen molar-refractivity contribution in [2.75, 3.05) is 5.32 Å². The van der Waals surface area contributed by atoms with E-state index in [1.54, 1.807) is 0 Å². The number of hydrogen-bond donors (Lipinski definition) is 1. The third-order valence-electron chi connectivity index (χ3n) is 5.39. The van der Waals surface area contributed by atoms with Crippen LogP contribution in [0, 0.1) is 0 Å². The van der Waals surface area contributed by atoms with Crippen molar-refractivity contribution in [3.63, 3.8) is 0 Å². The van der Waals surface area contributed by atoms with E-state index >= 15 is 0 Å². The molecule has 0 unspecified atom stereocenters. The Balaban J connectivity index is 2.00. The van der Waals surface area contributed by atoms with E-state index in [2.05, 4.69) is 134 Å². The second kappa shape index (κ2) is 8.36. The van der Waals surface area contributed by atoms with E-state index in [0.717, 1.165) is 5.69 Å². The summed E-state index contributed by atoms with van der Waals surface area (Å²) in [7, 11) is 0. The molecule has 144 valence electrons. The van der Waals surface area contributed by atoms with Crippen LogP contribution in [0.25, 0.3) is 0 Å². The Morgan fingerprint density at radius 2 is 0.828 bits per heavy atom. The van der Waals surface area contributed by atoms with Crippen molar-refractivity contribution < 1.29 is 0 Å². The van der Waals surface area contributed by atoms with Gasteiger partial charge >= 0.3 is 0 Å². The molecule has 1 heteroatoms. The highest BCUT2D eigenvalue weighted by Crippen LogP contribution is 2.45. The van der Waals surface area contributed by atoms with E-state index in [4.69, 9.17) is 0 Å². The normalized spacial score (nSPS) is 11.4. The molecule has 0 aliphatic rings. The van der Waals surface area contributed by atoms with Crippen LogP contribution in [0.3, 0.4) is 0 Å². The van der Waals surface area contributed by atoms with Gasteiger partial charge in [0.1, 0.15) is 0 Å². The fourth-order valence-corrected chi connectivity index (χ4v) is 4.21. The Hall–Kier alpha value is -3.32. The molecule has 0 spiro atoms. The second-order valence-corrected chi connectivity index (χ2v) is 7.72. The van der Waals surface area contributed by atoms with Gasteiger partial charge in [-0.3, -0.25) is 0 Å². The predicted molar refractivity (Wildman–Crippen MR) is 124 cm³/mol. The van der Waals surface area contributed by atoms with Crippen LogP contribution in [-0.2, 0) is 5.41 Å². The Kier molecular flexibility index (Phi) is 5.48. The molecule has 0 aliphatic carbocycles. The highest BCUT2D eigenvalue weighted by atomic mass is 14.9. The van der Waals surface area contributed by atoms with E-state index in [9.17, 15) is 0 Å². The van der Waals surface area contributed by atoms with Crippen LogP contribution in [0.1, 0.15) is 36.1 Å². The Morgan fingerprint density at radius 1 is 0.483 bits per heavy atom. The van der Waals surface area contributed by atoms with Crippen LogP contribution in [0.5, 0.6) is 0 Å². The number of hydrogen-bond acceptors (Lipinski definition) is 1. The zero-order chi connectivity index (χ0) is 20.1. The van der Waals surface area contributed by atoms with E-state index in [1.807, 2.05) is 0 Å². The average Bonchev–Trinajstić information content (AvgIpc) is 2.77. The largest absolute Gasteiger partial charge is 0.383 e. The lowest BCUT2D eigenvalue weighted by Gasteiger charge is -2.37. The fraction of sp³-hybridized carbons (Fsp3) is 0.143. The van der Waals surface area contributed by atoms with Gasteiger partial charge in [-0.05, 0) is 48.2 Å². The summed E-state index contributed by atoms with van der Waals surface area (Å²) in [5.74, 6) is 0. The van der Waals surface area contributed by atoms with Crippen LogP contribution in [-0.4, -0.2) is 6.04 Å². The van der Waals surface area contributed by atoms with Gasteiger partial charge in [0, 0.05) is 11.7 Å². The molecule has 0 aliphatic heterocycles. The molecule has 0 bridgehead atoms.